The first-order valence-electron chi connectivity index (χ1n) is 9.40. The molecular weight excluding hydrogens is 371 g/mol. The van der Waals surface area contributed by atoms with Crippen molar-refractivity contribution in [3.05, 3.63) is 72.3 Å². The Morgan fingerprint density at radius 3 is 2.31 bits per heavy atom. The number of hydrogen-bond donors (Lipinski definition) is 0. The molecule has 0 atom stereocenters. The number of piperazine rings is 1. The lowest BCUT2D eigenvalue weighted by atomic mass is 10.1. The summed E-state index contributed by atoms with van der Waals surface area (Å²) in [6.45, 7) is 2.59. The summed E-state index contributed by atoms with van der Waals surface area (Å²) in [5, 5.41) is 0. The summed E-state index contributed by atoms with van der Waals surface area (Å²) in [7, 11) is 1.60. The van der Waals surface area contributed by atoms with Crippen LogP contribution in [0, 0.1) is 5.82 Å². The van der Waals surface area contributed by atoms with Gasteiger partial charge in [0.2, 0.25) is 0 Å². The maximum atomic E-state index is 13.2. The Balaban J connectivity index is 1.42. The molecule has 29 heavy (non-hydrogen) atoms. The predicted molar refractivity (Wildman–Crippen MR) is 109 cm³/mol. The first-order valence-corrected chi connectivity index (χ1v) is 9.40. The van der Waals surface area contributed by atoms with E-state index >= 15 is 0 Å². The minimum Gasteiger partial charge on any atom is -0.497 e. The number of hydrogen-bond acceptors (Lipinski definition) is 5. The van der Waals surface area contributed by atoms with Crippen molar-refractivity contribution < 1.29 is 13.9 Å². The largest absolute Gasteiger partial charge is 0.497 e. The van der Waals surface area contributed by atoms with Gasteiger partial charge in [0.25, 0.3) is 5.91 Å². The molecule has 2 heterocycles. The van der Waals surface area contributed by atoms with Gasteiger partial charge in [-0.15, -0.1) is 0 Å². The lowest BCUT2D eigenvalue weighted by molar-refractivity contribution is 0.0746. The number of anilines is 1. The molecular formula is C22H21FN4O2. The molecule has 0 radical (unpaired) electrons. The topological polar surface area (TPSA) is 58.6 Å². The van der Waals surface area contributed by atoms with Gasteiger partial charge in [-0.2, -0.15) is 0 Å². The zero-order valence-electron chi connectivity index (χ0n) is 16.1. The zero-order valence-corrected chi connectivity index (χ0v) is 16.1. The monoisotopic (exact) mass is 392 g/mol. The van der Waals surface area contributed by atoms with Crippen LogP contribution in [0.2, 0.25) is 0 Å². The van der Waals surface area contributed by atoms with Crippen LogP contribution >= 0.6 is 0 Å². The zero-order chi connectivity index (χ0) is 20.2. The molecule has 1 amide bonds. The van der Waals surface area contributed by atoms with Gasteiger partial charge in [-0.25, -0.2) is 14.4 Å². The molecule has 1 aliphatic rings. The van der Waals surface area contributed by atoms with Gasteiger partial charge in [-0.05, 0) is 48.5 Å². The third kappa shape index (κ3) is 4.18. The van der Waals surface area contributed by atoms with E-state index in [2.05, 4.69) is 14.9 Å². The minimum atomic E-state index is -0.277. The van der Waals surface area contributed by atoms with Gasteiger partial charge >= 0.3 is 0 Å². The van der Waals surface area contributed by atoms with Crippen LogP contribution in [0.1, 0.15) is 10.4 Å². The van der Waals surface area contributed by atoms with Gasteiger partial charge in [0.05, 0.1) is 12.8 Å². The number of methoxy groups -OCH3 is 1. The van der Waals surface area contributed by atoms with Gasteiger partial charge in [-0.1, -0.05) is 0 Å². The van der Waals surface area contributed by atoms with Crippen LogP contribution in [-0.4, -0.2) is 54.1 Å². The summed E-state index contributed by atoms with van der Waals surface area (Å²) in [5.41, 5.74) is 2.23. The van der Waals surface area contributed by atoms with Gasteiger partial charge in [0.1, 0.15) is 23.7 Å². The number of nitrogens with zero attached hydrogens (tertiary/aromatic N) is 4. The molecule has 7 heteroatoms. The Labute approximate surface area is 168 Å². The number of halogens is 1. The van der Waals surface area contributed by atoms with Crippen molar-refractivity contribution in [3.8, 4) is 17.0 Å². The number of aromatic nitrogens is 2. The fourth-order valence-electron chi connectivity index (χ4n) is 3.35. The molecule has 0 N–H and O–H groups in total. The summed E-state index contributed by atoms with van der Waals surface area (Å²) >= 11 is 0. The SMILES string of the molecule is COc1ccc(C(=O)N2CCN(c3cc(-c4ccc(F)cc4)ncn3)CC2)cc1. The molecule has 0 unspecified atom stereocenters. The molecule has 6 nitrogen and oxygen atoms in total. The Morgan fingerprint density at radius 2 is 1.66 bits per heavy atom. The Morgan fingerprint density at radius 1 is 0.966 bits per heavy atom. The van der Waals surface area contributed by atoms with E-state index in [0.717, 1.165) is 22.8 Å². The fourth-order valence-corrected chi connectivity index (χ4v) is 3.35. The van der Waals surface area contributed by atoms with Gasteiger partial charge < -0.3 is 14.5 Å². The van der Waals surface area contributed by atoms with Crippen LogP contribution in [0.5, 0.6) is 5.75 Å². The van der Waals surface area contributed by atoms with Crippen LogP contribution in [0.25, 0.3) is 11.3 Å². The van der Waals surface area contributed by atoms with Crippen LogP contribution in [0.3, 0.4) is 0 Å². The summed E-state index contributed by atoms with van der Waals surface area (Å²) in [5.74, 6) is 1.27. The molecule has 1 aromatic heterocycles. The summed E-state index contributed by atoms with van der Waals surface area (Å²) < 4.78 is 18.3. The Bertz CT molecular complexity index is 984. The molecule has 0 spiro atoms. The van der Waals surface area contributed by atoms with Crippen LogP contribution in [-0.2, 0) is 0 Å². The van der Waals surface area contributed by atoms with Gasteiger partial charge in [0.15, 0.2) is 0 Å². The Hall–Kier alpha value is -3.48. The first-order chi connectivity index (χ1) is 14.1. The molecule has 2 aromatic carbocycles. The molecule has 0 bridgehead atoms. The Kier molecular flexibility index (Phi) is 5.37. The van der Waals surface area contributed by atoms with E-state index in [1.54, 1.807) is 43.5 Å². The second-order valence-corrected chi connectivity index (χ2v) is 6.78. The van der Waals surface area contributed by atoms with Gasteiger partial charge in [0, 0.05) is 43.4 Å². The quantitative estimate of drug-likeness (QED) is 0.682. The van der Waals surface area contributed by atoms with E-state index in [1.807, 2.05) is 11.0 Å². The van der Waals surface area contributed by atoms with Crippen molar-refractivity contribution in [1.29, 1.82) is 0 Å². The number of carbonyl (C=O) groups is 1. The van der Waals surface area contributed by atoms with Crippen molar-refractivity contribution in [2.24, 2.45) is 0 Å². The standard InChI is InChI=1S/C22H21FN4O2/c1-29-19-8-4-17(5-9-19)22(28)27-12-10-26(11-13-27)21-14-20(24-15-25-21)16-2-6-18(23)7-3-16/h2-9,14-15H,10-13H2,1H3. The lowest BCUT2D eigenvalue weighted by Crippen LogP contribution is -2.49. The maximum absolute atomic E-state index is 13.2. The predicted octanol–water partition coefficient (Wildman–Crippen LogP) is 3.25. The summed E-state index contributed by atoms with van der Waals surface area (Å²) in [4.78, 5) is 25.4. The second-order valence-electron chi connectivity index (χ2n) is 6.78. The molecule has 4 rings (SSSR count). The summed E-state index contributed by atoms with van der Waals surface area (Å²) in [6.07, 6.45) is 1.52. The third-order valence-corrected chi connectivity index (χ3v) is 5.02. The van der Waals surface area contributed by atoms with E-state index in [1.165, 1.54) is 18.5 Å². The molecule has 1 fully saturated rings. The van der Waals surface area contributed by atoms with Crippen molar-refractivity contribution in [2.75, 3.05) is 38.2 Å². The minimum absolute atomic E-state index is 0.0157. The van der Waals surface area contributed by atoms with E-state index < -0.39 is 0 Å². The van der Waals surface area contributed by atoms with E-state index in [9.17, 15) is 9.18 Å². The average molecular weight is 392 g/mol. The van der Waals surface area contributed by atoms with Gasteiger partial charge in [-0.3, -0.25) is 4.79 Å². The molecule has 148 valence electrons. The third-order valence-electron chi connectivity index (χ3n) is 5.02. The van der Waals surface area contributed by atoms with Crippen LogP contribution in [0.4, 0.5) is 10.2 Å². The molecule has 0 saturated carbocycles. The number of amides is 1. The van der Waals surface area contributed by atoms with E-state index in [-0.39, 0.29) is 11.7 Å². The van der Waals surface area contributed by atoms with E-state index in [4.69, 9.17) is 4.74 Å². The molecule has 1 saturated heterocycles. The highest BCUT2D eigenvalue weighted by atomic mass is 19.1. The molecule has 3 aromatic rings. The normalized spacial score (nSPS) is 14.0. The average Bonchev–Trinajstić information content (AvgIpc) is 2.79. The van der Waals surface area contributed by atoms with Crippen molar-refractivity contribution in [1.82, 2.24) is 14.9 Å². The van der Waals surface area contributed by atoms with E-state index in [0.29, 0.717) is 31.7 Å². The highest BCUT2D eigenvalue weighted by Crippen LogP contribution is 2.22. The number of rotatable bonds is 4. The summed E-state index contributed by atoms with van der Waals surface area (Å²) in [6, 6.07) is 15.3. The highest BCUT2D eigenvalue weighted by molar-refractivity contribution is 5.94. The van der Waals surface area contributed by atoms with Crippen molar-refractivity contribution in [2.45, 2.75) is 0 Å². The highest BCUT2D eigenvalue weighted by Gasteiger charge is 2.23. The molecule has 0 aliphatic carbocycles. The number of carbonyl (C=O) groups excluding carboxylic acids is 1. The maximum Gasteiger partial charge on any atom is 0.253 e. The van der Waals surface area contributed by atoms with Crippen molar-refractivity contribution >= 4 is 11.7 Å². The first kappa shape index (κ1) is 18.9. The lowest BCUT2D eigenvalue weighted by Gasteiger charge is -2.35. The van der Waals surface area contributed by atoms with Crippen LogP contribution < -0.4 is 9.64 Å². The fraction of sp³-hybridized carbons (Fsp3) is 0.227. The smallest absolute Gasteiger partial charge is 0.253 e. The molecule has 1 aliphatic heterocycles. The van der Waals surface area contributed by atoms with Crippen LogP contribution in [0.15, 0.2) is 60.9 Å². The van der Waals surface area contributed by atoms with Crippen molar-refractivity contribution in [3.63, 3.8) is 0 Å². The number of ether oxygens (including phenoxy) is 1. The number of benzene rings is 2. The second kappa shape index (κ2) is 8.26.